The predicted molar refractivity (Wildman–Crippen MR) is 43.1 cm³/mol. The van der Waals surface area contributed by atoms with Crippen molar-refractivity contribution in [2.45, 2.75) is 24.6 Å². The van der Waals surface area contributed by atoms with Crippen molar-refractivity contribution in [3.63, 3.8) is 0 Å². The summed E-state index contributed by atoms with van der Waals surface area (Å²) in [6.07, 6.45) is 0. The Hall–Kier alpha value is -0.220. The largest absolute Gasteiger partial charge is 0.448 e. The molecule has 0 N–H and O–H groups in total. The van der Waals surface area contributed by atoms with E-state index in [1.165, 1.54) is 0 Å². The van der Waals surface area contributed by atoms with Crippen LogP contribution in [-0.4, -0.2) is 34.3 Å². The average Bonchev–Trinajstić information content (AvgIpc) is 2.38. The fourth-order valence-electron chi connectivity index (χ4n) is 1.61. The molecule has 2 rings (SSSR count). The molecule has 11 heavy (non-hydrogen) atoms. The minimum Gasteiger partial charge on any atom is -0.448 e. The number of rotatable bonds is 0. The summed E-state index contributed by atoms with van der Waals surface area (Å²) in [5.74, 6) is 0.864. The molecule has 0 aliphatic carbocycles. The quantitative estimate of drug-likeness (QED) is 0.503. The Kier molecular flexibility index (Phi) is 1.44. The molecule has 2 heterocycles. The van der Waals surface area contributed by atoms with Crippen LogP contribution in [0.3, 0.4) is 0 Å². The van der Waals surface area contributed by atoms with E-state index in [0.717, 1.165) is 5.88 Å². The number of nitrogens with zero attached hydrogens (tertiary/aromatic N) is 1. The molecule has 62 valence electrons. The van der Waals surface area contributed by atoms with Gasteiger partial charge in [0, 0.05) is 10.6 Å². The number of thioether (sulfide) groups is 1. The number of carbonyl (C=O) groups is 1. The van der Waals surface area contributed by atoms with E-state index in [2.05, 4.69) is 18.7 Å². The van der Waals surface area contributed by atoms with Crippen molar-refractivity contribution >= 4 is 17.7 Å². The molecule has 0 spiro atoms. The summed E-state index contributed by atoms with van der Waals surface area (Å²) in [6.45, 7) is 4.67. The van der Waals surface area contributed by atoms with E-state index in [4.69, 9.17) is 4.74 Å². The molecule has 4 heteroatoms. The molecule has 2 aliphatic heterocycles. The van der Waals surface area contributed by atoms with E-state index in [0.29, 0.717) is 6.73 Å². The van der Waals surface area contributed by atoms with Crippen molar-refractivity contribution < 1.29 is 9.53 Å². The smallest absolute Gasteiger partial charge is 0.326 e. The fourth-order valence-corrected chi connectivity index (χ4v) is 2.74. The molecule has 0 bridgehead atoms. The van der Waals surface area contributed by atoms with Crippen LogP contribution in [0, 0.1) is 0 Å². The maximum atomic E-state index is 11.2. The van der Waals surface area contributed by atoms with Crippen LogP contribution in [0.4, 0.5) is 0 Å². The lowest BCUT2D eigenvalue weighted by Crippen LogP contribution is -2.39. The third kappa shape index (κ3) is 0.964. The summed E-state index contributed by atoms with van der Waals surface area (Å²) in [5.41, 5.74) is 0. The number of hydrogen-bond acceptors (Lipinski definition) is 4. The lowest BCUT2D eigenvalue weighted by molar-refractivity contribution is -0.139. The molecule has 2 aliphatic rings. The first-order valence-corrected chi connectivity index (χ1v) is 4.64. The molecule has 1 unspecified atom stereocenters. The van der Waals surface area contributed by atoms with Gasteiger partial charge >= 0.3 is 5.97 Å². The molecule has 3 nitrogen and oxygen atoms in total. The maximum Gasteiger partial charge on any atom is 0.326 e. The average molecular weight is 173 g/mol. The minimum absolute atomic E-state index is 0.00694. The molecule has 2 saturated heterocycles. The van der Waals surface area contributed by atoms with Gasteiger partial charge in [-0.05, 0) is 13.8 Å². The highest BCUT2D eigenvalue weighted by atomic mass is 32.2. The molecular weight excluding hydrogens is 162 g/mol. The Morgan fingerprint density at radius 1 is 1.73 bits per heavy atom. The zero-order valence-corrected chi connectivity index (χ0v) is 7.48. The van der Waals surface area contributed by atoms with Crippen LogP contribution in [0.5, 0.6) is 0 Å². The van der Waals surface area contributed by atoms with Crippen LogP contribution in [-0.2, 0) is 9.53 Å². The first-order valence-electron chi connectivity index (χ1n) is 3.66. The van der Waals surface area contributed by atoms with Crippen LogP contribution in [0.15, 0.2) is 0 Å². The zero-order valence-electron chi connectivity index (χ0n) is 6.66. The molecule has 0 saturated carbocycles. The first kappa shape index (κ1) is 7.43. The summed E-state index contributed by atoms with van der Waals surface area (Å²) in [6, 6.07) is -0.00694. The van der Waals surface area contributed by atoms with Crippen molar-refractivity contribution in [3.05, 3.63) is 0 Å². The summed E-state index contributed by atoms with van der Waals surface area (Å²) >= 11 is 1.82. The molecule has 0 aromatic heterocycles. The SMILES string of the molecule is CC1(C)SCN2COC(=O)C21. The normalized spacial score (nSPS) is 35.5. The van der Waals surface area contributed by atoms with Crippen molar-refractivity contribution in [2.75, 3.05) is 12.6 Å². The van der Waals surface area contributed by atoms with Crippen LogP contribution >= 0.6 is 11.8 Å². The zero-order chi connectivity index (χ0) is 8.06. The third-order valence-electron chi connectivity index (χ3n) is 2.22. The van der Waals surface area contributed by atoms with Gasteiger partial charge in [0.1, 0.15) is 12.8 Å². The van der Waals surface area contributed by atoms with Gasteiger partial charge in [0.25, 0.3) is 0 Å². The van der Waals surface area contributed by atoms with Crippen molar-refractivity contribution in [1.82, 2.24) is 4.90 Å². The molecular formula is C7H11NO2S. The highest BCUT2D eigenvalue weighted by Crippen LogP contribution is 2.41. The Balaban J connectivity index is 2.27. The number of esters is 1. The summed E-state index contributed by atoms with van der Waals surface area (Å²) < 4.78 is 4.96. The minimum atomic E-state index is -0.0556. The Morgan fingerprint density at radius 2 is 2.45 bits per heavy atom. The lowest BCUT2D eigenvalue weighted by Gasteiger charge is -2.20. The predicted octanol–water partition coefficient (Wildman–Crippen LogP) is 0.654. The second-order valence-electron chi connectivity index (χ2n) is 3.46. The Bertz CT molecular complexity index is 205. The van der Waals surface area contributed by atoms with Crippen LogP contribution in [0.1, 0.15) is 13.8 Å². The van der Waals surface area contributed by atoms with E-state index in [1.807, 2.05) is 11.8 Å². The number of hydrogen-bond donors (Lipinski definition) is 0. The number of cyclic esters (lactones) is 1. The Morgan fingerprint density at radius 3 is 3.09 bits per heavy atom. The number of carbonyl (C=O) groups excluding carboxylic acids is 1. The topological polar surface area (TPSA) is 29.5 Å². The Labute approximate surface area is 70.1 Å². The van der Waals surface area contributed by atoms with Crippen LogP contribution in [0.2, 0.25) is 0 Å². The third-order valence-corrected chi connectivity index (χ3v) is 3.65. The van der Waals surface area contributed by atoms with Gasteiger partial charge in [0.2, 0.25) is 0 Å². The standard InChI is InChI=1S/C7H11NO2S/c1-7(2)5-6(9)10-3-8(5)4-11-7/h5H,3-4H2,1-2H3. The maximum absolute atomic E-state index is 11.2. The van der Waals surface area contributed by atoms with Crippen molar-refractivity contribution in [2.24, 2.45) is 0 Å². The van der Waals surface area contributed by atoms with Gasteiger partial charge in [-0.1, -0.05) is 0 Å². The summed E-state index contributed by atoms with van der Waals surface area (Å²) in [5, 5.41) is 0. The molecule has 2 fully saturated rings. The van der Waals surface area contributed by atoms with Gasteiger partial charge in [0.05, 0.1) is 0 Å². The molecule has 0 aromatic carbocycles. The lowest BCUT2D eigenvalue weighted by atomic mass is 10.0. The van der Waals surface area contributed by atoms with Gasteiger partial charge in [-0.3, -0.25) is 4.79 Å². The van der Waals surface area contributed by atoms with E-state index in [1.54, 1.807) is 0 Å². The van der Waals surface area contributed by atoms with Crippen molar-refractivity contribution in [3.8, 4) is 0 Å². The summed E-state index contributed by atoms with van der Waals surface area (Å²) in [7, 11) is 0. The second-order valence-corrected chi connectivity index (χ2v) is 5.06. The molecule has 0 radical (unpaired) electrons. The number of ether oxygens (including phenoxy) is 1. The van der Waals surface area contributed by atoms with Crippen LogP contribution < -0.4 is 0 Å². The van der Waals surface area contributed by atoms with Gasteiger partial charge in [-0.25, -0.2) is 4.90 Å². The van der Waals surface area contributed by atoms with E-state index in [9.17, 15) is 4.79 Å². The van der Waals surface area contributed by atoms with E-state index in [-0.39, 0.29) is 16.8 Å². The summed E-state index contributed by atoms with van der Waals surface area (Å²) in [4.78, 5) is 13.3. The van der Waals surface area contributed by atoms with Gasteiger partial charge in [-0.15, -0.1) is 11.8 Å². The monoisotopic (exact) mass is 173 g/mol. The highest BCUT2D eigenvalue weighted by Gasteiger charge is 2.50. The fraction of sp³-hybridized carbons (Fsp3) is 0.857. The first-order chi connectivity index (χ1) is 5.11. The van der Waals surface area contributed by atoms with Crippen molar-refractivity contribution in [1.29, 1.82) is 0 Å². The van der Waals surface area contributed by atoms with E-state index >= 15 is 0 Å². The van der Waals surface area contributed by atoms with Crippen LogP contribution in [0.25, 0.3) is 0 Å². The second kappa shape index (κ2) is 2.14. The van der Waals surface area contributed by atoms with E-state index < -0.39 is 0 Å². The number of fused-ring (bicyclic) bond motifs is 1. The van der Waals surface area contributed by atoms with Gasteiger partial charge in [0.15, 0.2) is 0 Å². The van der Waals surface area contributed by atoms with Gasteiger partial charge in [-0.2, -0.15) is 0 Å². The van der Waals surface area contributed by atoms with Gasteiger partial charge < -0.3 is 4.74 Å². The molecule has 1 atom stereocenters. The highest BCUT2D eigenvalue weighted by molar-refractivity contribution is 8.00. The molecule has 0 aromatic rings. The molecule has 0 amide bonds.